The number of amides is 7. The highest BCUT2D eigenvalue weighted by molar-refractivity contribution is 6.05. The van der Waals surface area contributed by atoms with E-state index in [0.717, 1.165) is 76.7 Å². The van der Waals surface area contributed by atoms with E-state index in [9.17, 15) is 52.7 Å². The fourth-order valence-corrected chi connectivity index (χ4v) is 18.8. The Labute approximate surface area is 783 Å². The Kier molecular flexibility index (Phi) is 37.3. The van der Waals surface area contributed by atoms with E-state index in [1.807, 2.05) is 0 Å². The zero-order valence-electron chi connectivity index (χ0n) is 77.5. The highest BCUT2D eigenvalue weighted by Crippen LogP contribution is 2.36. The topological polar surface area (TPSA) is 473 Å². The van der Waals surface area contributed by atoms with Gasteiger partial charge in [-0.3, -0.25) is 68.6 Å². The van der Waals surface area contributed by atoms with Crippen LogP contribution in [0, 0.1) is 0 Å². The number of likely N-dealkylation sites (tertiary alicyclic amines) is 5. The smallest absolute Gasteiger partial charge is 0.412 e. The van der Waals surface area contributed by atoms with Gasteiger partial charge in [-0.15, -0.1) is 0 Å². The number of carbonyl (C=O) groups is 11. The highest BCUT2D eigenvalue weighted by Gasteiger charge is 2.40. The Hall–Kier alpha value is -12.3. The average molecular weight is 1840 g/mol. The number of nitrogens with two attached hydrogens (primary N) is 2. The fourth-order valence-electron chi connectivity index (χ4n) is 18.8. The zero-order valence-corrected chi connectivity index (χ0v) is 77.5. The third-order valence-electron chi connectivity index (χ3n) is 26.7. The molecule has 13 N–H and O–H groups in total. The fraction of sp³-hybridized carbons (Fsp3) is 0.515. The van der Waals surface area contributed by atoms with Crippen LogP contribution >= 0.6 is 0 Å². The van der Waals surface area contributed by atoms with Crippen molar-refractivity contribution in [1.29, 1.82) is 0 Å². The molecule has 5 saturated carbocycles. The van der Waals surface area contributed by atoms with Crippen molar-refractivity contribution in [3.8, 4) is 0 Å². The maximum atomic E-state index is 12.6. The summed E-state index contributed by atoms with van der Waals surface area (Å²) in [5, 5.41) is 37.4. The second-order valence-corrected chi connectivity index (χ2v) is 36.7. The highest BCUT2D eigenvalue weighted by atomic mass is 16.6. The van der Waals surface area contributed by atoms with E-state index in [1.165, 1.54) is 217 Å². The Bertz CT molecular complexity index is 5040. The maximum absolute atomic E-state index is 12.6. The molecule has 134 heavy (non-hydrogen) atoms. The second-order valence-electron chi connectivity index (χ2n) is 36.7. The number of hydrogen-bond donors (Lipinski definition) is 11. The van der Waals surface area contributed by atoms with Crippen molar-refractivity contribution in [2.75, 3.05) is 101 Å². The predicted molar refractivity (Wildman–Crippen MR) is 506 cm³/mol. The molecule has 2 aromatic carbocycles. The molecule has 5 atom stereocenters. The van der Waals surface area contributed by atoms with E-state index in [0.29, 0.717) is 120 Å². The lowest BCUT2D eigenvalue weighted by molar-refractivity contribution is 0.0425. The molecule has 0 radical (unpaired) electrons. The number of aromatic nitrogens is 5. The van der Waals surface area contributed by atoms with Gasteiger partial charge in [0.05, 0.1) is 42.0 Å². The molecule has 5 aromatic heterocycles. The van der Waals surface area contributed by atoms with Gasteiger partial charge >= 0.3 is 30.0 Å². The van der Waals surface area contributed by atoms with Crippen LogP contribution in [-0.2, 0) is 14.2 Å². The Morgan fingerprint density at radius 1 is 0.336 bits per heavy atom. The quantitative estimate of drug-likeness (QED) is 0.0129. The van der Waals surface area contributed by atoms with Crippen molar-refractivity contribution >= 4 is 88.2 Å². The number of nitrogens with zero attached hydrogens (tertiary/aromatic N) is 10. The minimum Gasteiger partial charge on any atom is -0.478 e. The first kappa shape index (κ1) is 101. The van der Waals surface area contributed by atoms with Crippen LogP contribution < -0.4 is 48.7 Å². The summed E-state index contributed by atoms with van der Waals surface area (Å²) in [4.78, 5) is 162. The first-order valence-corrected chi connectivity index (χ1v) is 47.3. The van der Waals surface area contributed by atoms with E-state index in [1.54, 1.807) is 93.6 Å². The van der Waals surface area contributed by atoms with Crippen molar-refractivity contribution < 1.29 is 77.2 Å². The van der Waals surface area contributed by atoms with Crippen LogP contribution in [0.4, 0.5) is 27.5 Å². The first-order valence-electron chi connectivity index (χ1n) is 47.3. The largest absolute Gasteiger partial charge is 0.478 e. The van der Waals surface area contributed by atoms with Crippen molar-refractivity contribution in [2.24, 2.45) is 5.73 Å². The molecule has 35 heteroatoms. The molecule has 5 unspecified atom stereocenters. The number of hydrogen-bond acceptors (Lipinski definition) is 26. The summed E-state index contributed by atoms with van der Waals surface area (Å²) in [6.07, 6.45) is 38.6. The average Bonchev–Trinajstić information content (AvgIpc) is 1.61. The van der Waals surface area contributed by atoms with Crippen LogP contribution in [0.3, 0.4) is 0 Å². The molecular weight excluding hydrogens is 1710 g/mol. The number of anilines is 4. The summed E-state index contributed by atoms with van der Waals surface area (Å²) in [5.74, 6) is -4.65. The molecule has 10 fully saturated rings. The number of pyridine rings is 5. The van der Waals surface area contributed by atoms with Crippen molar-refractivity contribution in [2.45, 2.75) is 247 Å². The summed E-state index contributed by atoms with van der Waals surface area (Å²) in [7, 11) is 2.54. The van der Waals surface area contributed by atoms with Gasteiger partial charge in [-0.05, 0) is 226 Å². The van der Waals surface area contributed by atoms with Crippen LogP contribution in [-0.4, -0.2) is 271 Å². The van der Waals surface area contributed by atoms with Crippen LogP contribution in [0.1, 0.15) is 286 Å². The number of carboxylic acids is 2. The molecular formula is C99H131N19O16. The standard InChI is InChI=1S/C27H35N5O4.C22H27N5O2.C17H23N3O3.C16H21N3O3.C9H18N2.C8H7NO4/c1-27(2,3)36-26(35)31-20-11-9-19(10-12-20)30-25(34)23-13-8-18(16-28-23)24(33)29-17-22-14-15-32(22)21-6-4-5-7-21;23-16-6-8-17(9-7-16)26-22(29)20-10-5-15(13-24-20)21(28)25-14-19-11-12-27(19)18-3-1-2-4-18;1-23-17(22)15-7-6-12(10-18-15)16(21)19-11-14-8-9-20(14)13-4-2-3-5-13;20-15(11-5-6-14(16(21)22)17-9-11)18-10-13-7-8-19(13)12-3-1-2-4-12;10-7-9-5-6-11(9)8-3-1-2-4-8;1-13-8(12)6-3-2-5(4-9-6)7(10)11/h8-13,16,21-22H,4-7,14-15,17H2,1-3H3,(H,29,33)(H,30,34)(H,31,35);5-10,13,18-19H,1-4,11-12,14,23H2,(H,25,28)(H,26,29);6-7,10,13-14H,2-5,8-9,11H2,1H3,(H,19,21);5-6,9,12-13H,1-4,7-8,10H2,(H,18,20)(H,21,22);8-9H,1-7,10H2;2-4H,1H3,(H,10,11). The Morgan fingerprint density at radius 3 is 0.836 bits per heavy atom. The molecule has 17 rings (SSSR count). The van der Waals surface area contributed by atoms with Gasteiger partial charge in [-0.25, -0.2) is 38.9 Å². The predicted octanol–water partition coefficient (Wildman–Crippen LogP) is 11.8. The Morgan fingerprint density at radius 2 is 0.597 bits per heavy atom. The maximum Gasteiger partial charge on any atom is 0.412 e. The third-order valence-corrected chi connectivity index (χ3v) is 26.7. The SMILES string of the molecule is CC(C)(C)OC(=O)Nc1ccc(NC(=O)c2ccc(C(=O)NCC3CCN3C3CCCC3)cn2)cc1.COC(=O)c1ccc(C(=O)NCC2CCN2C2CCCC2)cn1.COC(=O)c1ccc(C(=O)O)cn1.NCC1CCN1C1CCCC1.Nc1ccc(NC(=O)c2ccc(C(=O)NCC3CCN3C3CCCC3)cn2)cc1.O=C(NCC1CCN1C1CCCC1)c1ccc(C(=O)O)nc1. The van der Waals surface area contributed by atoms with Crippen molar-refractivity contribution in [3.63, 3.8) is 0 Å². The van der Waals surface area contributed by atoms with Gasteiger partial charge in [0.1, 0.15) is 34.1 Å². The number of aromatic carboxylic acids is 2. The number of rotatable bonds is 27. The summed E-state index contributed by atoms with van der Waals surface area (Å²) in [6.45, 7) is 14.7. The van der Waals surface area contributed by atoms with Crippen LogP contribution in [0.5, 0.6) is 0 Å². The number of ether oxygens (including phenoxy) is 3. The van der Waals surface area contributed by atoms with Gasteiger partial charge in [-0.1, -0.05) is 64.2 Å². The van der Waals surface area contributed by atoms with Crippen LogP contribution in [0.25, 0.3) is 0 Å². The van der Waals surface area contributed by atoms with Gasteiger partial charge in [0.15, 0.2) is 0 Å². The molecule has 5 saturated heterocycles. The monoisotopic (exact) mass is 1840 g/mol. The minimum atomic E-state index is -1.09. The van der Waals surface area contributed by atoms with E-state index < -0.39 is 41.5 Å². The normalized spacial score (nSPS) is 20.2. The van der Waals surface area contributed by atoms with Gasteiger partial charge in [0.2, 0.25) is 0 Å². The van der Waals surface area contributed by atoms with Gasteiger partial charge in [0, 0.05) is 180 Å². The summed E-state index contributed by atoms with van der Waals surface area (Å²) < 4.78 is 14.2. The summed E-state index contributed by atoms with van der Waals surface area (Å²) in [5.41, 5.74) is 15.5. The molecule has 5 aliphatic carbocycles. The number of carboxylic acid groups (broad SMARTS) is 2. The lowest BCUT2D eigenvalue weighted by Crippen LogP contribution is -2.56. The molecule has 7 amide bonds. The van der Waals surface area contributed by atoms with E-state index >= 15 is 0 Å². The van der Waals surface area contributed by atoms with E-state index in [4.69, 9.17) is 26.4 Å². The molecule has 5 aliphatic heterocycles. The molecule has 7 aromatic rings. The number of methoxy groups -OCH3 is 2. The van der Waals surface area contributed by atoms with E-state index in [-0.39, 0.29) is 63.6 Å². The lowest BCUT2D eigenvalue weighted by atomic mass is 9.98. The molecule has 718 valence electrons. The van der Waals surface area contributed by atoms with Gasteiger partial charge in [-0.2, -0.15) is 0 Å². The molecule has 0 bridgehead atoms. The summed E-state index contributed by atoms with van der Waals surface area (Å²) in [6, 6.07) is 34.6. The molecule has 10 heterocycles. The molecule has 35 nitrogen and oxygen atoms in total. The number of nitrogen functional groups attached to an aromatic ring is 1. The number of esters is 2. The zero-order chi connectivity index (χ0) is 95.2. The third kappa shape index (κ3) is 29.1. The second kappa shape index (κ2) is 49.6. The Balaban J connectivity index is 0.000000150. The summed E-state index contributed by atoms with van der Waals surface area (Å²) >= 11 is 0. The van der Waals surface area contributed by atoms with Crippen LogP contribution in [0.15, 0.2) is 140 Å². The van der Waals surface area contributed by atoms with Gasteiger partial charge in [0.25, 0.3) is 35.4 Å². The van der Waals surface area contributed by atoms with Crippen molar-refractivity contribution in [3.05, 3.63) is 196 Å². The van der Waals surface area contributed by atoms with Crippen LogP contribution in [0.2, 0.25) is 0 Å². The molecule has 0 spiro atoms. The number of nitrogens with one attached hydrogen (secondary N) is 7. The van der Waals surface area contributed by atoms with Gasteiger partial charge < -0.3 is 67.8 Å². The minimum absolute atomic E-state index is 0.0349. The number of benzene rings is 2. The number of carbonyl (C=O) groups excluding carboxylic acids is 9. The van der Waals surface area contributed by atoms with Crippen molar-refractivity contribution in [1.82, 2.24) is 70.7 Å². The first-order chi connectivity index (χ1) is 64.7. The molecule has 10 aliphatic rings. The van der Waals surface area contributed by atoms with E-state index in [2.05, 4.69) is 96.1 Å². The lowest BCUT2D eigenvalue weighted by Gasteiger charge is -2.45.